The molecular formula is C25H18ClN3O2S. The van der Waals surface area contributed by atoms with Gasteiger partial charge in [0.2, 0.25) is 0 Å². The van der Waals surface area contributed by atoms with Crippen LogP contribution >= 0.6 is 22.9 Å². The van der Waals surface area contributed by atoms with Gasteiger partial charge in [-0.2, -0.15) is 5.26 Å². The van der Waals surface area contributed by atoms with Gasteiger partial charge in [-0.15, -0.1) is 11.3 Å². The lowest BCUT2D eigenvalue weighted by Gasteiger charge is -2.00. The van der Waals surface area contributed by atoms with Crippen molar-refractivity contribution in [2.45, 2.75) is 13.3 Å². The Labute approximate surface area is 194 Å². The lowest BCUT2D eigenvalue weighted by molar-refractivity contribution is -0.112. The van der Waals surface area contributed by atoms with Gasteiger partial charge in [-0.3, -0.25) is 10.1 Å². The van der Waals surface area contributed by atoms with Gasteiger partial charge in [0.1, 0.15) is 23.2 Å². The summed E-state index contributed by atoms with van der Waals surface area (Å²) >= 11 is 7.41. The number of rotatable bonds is 6. The van der Waals surface area contributed by atoms with Gasteiger partial charge in [-0.25, -0.2) is 4.98 Å². The van der Waals surface area contributed by atoms with Crippen LogP contribution in [0.25, 0.3) is 17.4 Å². The first-order valence-corrected chi connectivity index (χ1v) is 11.0. The number of amides is 1. The Kier molecular flexibility index (Phi) is 6.50. The van der Waals surface area contributed by atoms with Crippen LogP contribution in [0, 0.1) is 18.3 Å². The number of benzene rings is 2. The van der Waals surface area contributed by atoms with Gasteiger partial charge in [-0.05, 0) is 36.8 Å². The fourth-order valence-electron chi connectivity index (χ4n) is 3.04. The number of carbonyl (C=O) groups is 1. The molecule has 0 saturated carbocycles. The van der Waals surface area contributed by atoms with E-state index in [1.165, 1.54) is 28.5 Å². The van der Waals surface area contributed by atoms with E-state index in [9.17, 15) is 10.1 Å². The highest BCUT2D eigenvalue weighted by Gasteiger charge is 2.14. The fraction of sp³-hybridized carbons (Fsp3) is 0.0800. The summed E-state index contributed by atoms with van der Waals surface area (Å²) in [5.74, 6) is 0.451. The summed E-state index contributed by atoms with van der Waals surface area (Å²) < 4.78 is 5.76. The van der Waals surface area contributed by atoms with Crippen LogP contribution in [-0.2, 0) is 11.2 Å². The van der Waals surface area contributed by atoms with Crippen molar-refractivity contribution in [3.63, 3.8) is 0 Å². The van der Waals surface area contributed by atoms with Crippen molar-refractivity contribution in [3.05, 3.63) is 99.2 Å². The third kappa shape index (κ3) is 5.33. The Balaban J connectivity index is 1.44. The predicted molar refractivity (Wildman–Crippen MR) is 127 cm³/mol. The smallest absolute Gasteiger partial charge is 0.268 e. The van der Waals surface area contributed by atoms with Crippen LogP contribution in [0.1, 0.15) is 21.8 Å². The molecule has 2 heterocycles. The van der Waals surface area contributed by atoms with Crippen molar-refractivity contribution in [3.8, 4) is 17.4 Å². The standard InChI is InChI=1S/C25H18ClN3O2S/c1-16-5-7-17(8-6-16)11-22-15-28-25(32-22)29-24(30)19(14-27)13-21-9-10-23(31-21)18-3-2-4-20(26)12-18/h2-10,12-13,15H,11H2,1H3,(H,28,29,30)/b19-13+. The zero-order chi connectivity index (χ0) is 22.5. The number of thiazole rings is 1. The molecule has 0 unspecified atom stereocenters. The molecule has 0 atom stereocenters. The Bertz CT molecular complexity index is 1330. The minimum absolute atomic E-state index is 0.0766. The van der Waals surface area contributed by atoms with E-state index in [0.717, 1.165) is 16.9 Å². The number of nitrogens with one attached hydrogen (secondary N) is 1. The fourth-order valence-corrected chi connectivity index (χ4v) is 4.07. The van der Waals surface area contributed by atoms with E-state index in [0.29, 0.717) is 21.7 Å². The molecule has 0 radical (unpaired) electrons. The van der Waals surface area contributed by atoms with Crippen molar-refractivity contribution in [1.29, 1.82) is 5.26 Å². The maximum absolute atomic E-state index is 12.6. The molecule has 2 aromatic carbocycles. The van der Waals surface area contributed by atoms with Crippen molar-refractivity contribution in [1.82, 2.24) is 4.98 Å². The molecule has 4 aromatic rings. The number of aromatic nitrogens is 1. The SMILES string of the molecule is Cc1ccc(Cc2cnc(NC(=O)/C(C#N)=C/c3ccc(-c4cccc(Cl)c4)o3)s2)cc1. The Morgan fingerprint density at radius 3 is 2.78 bits per heavy atom. The van der Waals surface area contributed by atoms with E-state index in [-0.39, 0.29) is 5.57 Å². The van der Waals surface area contributed by atoms with E-state index in [4.69, 9.17) is 16.0 Å². The molecule has 7 heteroatoms. The largest absolute Gasteiger partial charge is 0.457 e. The predicted octanol–water partition coefficient (Wildman–Crippen LogP) is 6.50. The third-order valence-corrected chi connectivity index (χ3v) is 5.81. The van der Waals surface area contributed by atoms with Crippen LogP contribution in [0.15, 0.2) is 76.9 Å². The maximum Gasteiger partial charge on any atom is 0.268 e. The monoisotopic (exact) mass is 459 g/mol. The highest BCUT2D eigenvalue weighted by Crippen LogP contribution is 2.26. The van der Waals surface area contributed by atoms with Gasteiger partial charge < -0.3 is 4.42 Å². The van der Waals surface area contributed by atoms with Gasteiger partial charge in [0, 0.05) is 34.2 Å². The van der Waals surface area contributed by atoms with Crippen LogP contribution in [0.3, 0.4) is 0 Å². The quantitative estimate of drug-likeness (QED) is 0.263. The molecule has 32 heavy (non-hydrogen) atoms. The number of furan rings is 1. The van der Waals surface area contributed by atoms with Crippen LogP contribution in [0.2, 0.25) is 5.02 Å². The first kappa shape index (κ1) is 21.6. The number of nitriles is 1. The molecule has 1 N–H and O–H groups in total. The zero-order valence-corrected chi connectivity index (χ0v) is 18.7. The summed E-state index contributed by atoms with van der Waals surface area (Å²) in [5.41, 5.74) is 3.11. The molecular weight excluding hydrogens is 442 g/mol. The molecule has 0 aliphatic carbocycles. The maximum atomic E-state index is 12.6. The normalized spacial score (nSPS) is 11.2. The number of halogens is 1. The minimum Gasteiger partial charge on any atom is -0.457 e. The van der Waals surface area contributed by atoms with Crippen molar-refractivity contribution in [2.24, 2.45) is 0 Å². The van der Waals surface area contributed by atoms with Crippen LogP contribution in [0.5, 0.6) is 0 Å². The van der Waals surface area contributed by atoms with Crippen LogP contribution in [-0.4, -0.2) is 10.9 Å². The minimum atomic E-state index is -0.538. The molecule has 158 valence electrons. The molecule has 0 fully saturated rings. The molecule has 0 spiro atoms. The van der Waals surface area contributed by atoms with E-state index in [1.807, 2.05) is 25.1 Å². The Hall–Kier alpha value is -3.66. The van der Waals surface area contributed by atoms with Gasteiger partial charge in [-0.1, -0.05) is 53.6 Å². The summed E-state index contributed by atoms with van der Waals surface area (Å²) in [5, 5.41) is 13.2. The molecule has 1 amide bonds. The second kappa shape index (κ2) is 9.65. The van der Waals surface area contributed by atoms with Crippen LogP contribution < -0.4 is 5.32 Å². The lowest BCUT2D eigenvalue weighted by Crippen LogP contribution is -2.13. The number of carbonyl (C=O) groups excluding carboxylic acids is 1. The molecule has 0 aliphatic rings. The number of anilines is 1. The molecule has 0 aliphatic heterocycles. The Morgan fingerprint density at radius 2 is 2.03 bits per heavy atom. The van der Waals surface area contributed by atoms with E-state index >= 15 is 0 Å². The van der Waals surface area contributed by atoms with E-state index in [2.05, 4.69) is 34.6 Å². The van der Waals surface area contributed by atoms with Gasteiger partial charge in [0.15, 0.2) is 5.13 Å². The number of aryl methyl sites for hydroxylation is 1. The molecule has 5 nitrogen and oxygen atoms in total. The highest BCUT2D eigenvalue weighted by atomic mass is 35.5. The zero-order valence-electron chi connectivity index (χ0n) is 17.1. The molecule has 2 aromatic heterocycles. The summed E-state index contributed by atoms with van der Waals surface area (Å²) in [6.07, 6.45) is 3.87. The first-order valence-electron chi connectivity index (χ1n) is 9.79. The summed E-state index contributed by atoms with van der Waals surface area (Å²) in [6.45, 7) is 2.05. The van der Waals surface area contributed by atoms with E-state index in [1.54, 1.807) is 30.5 Å². The molecule has 0 saturated heterocycles. The molecule has 0 bridgehead atoms. The van der Waals surface area contributed by atoms with Gasteiger partial charge in [0.25, 0.3) is 5.91 Å². The number of hydrogen-bond donors (Lipinski definition) is 1. The lowest BCUT2D eigenvalue weighted by atomic mass is 10.1. The summed E-state index contributed by atoms with van der Waals surface area (Å²) in [7, 11) is 0. The highest BCUT2D eigenvalue weighted by molar-refractivity contribution is 7.15. The van der Waals surface area contributed by atoms with Crippen molar-refractivity contribution < 1.29 is 9.21 Å². The van der Waals surface area contributed by atoms with Gasteiger partial charge in [0.05, 0.1) is 0 Å². The van der Waals surface area contributed by atoms with Crippen molar-refractivity contribution >= 4 is 40.1 Å². The second-order valence-corrected chi connectivity index (χ2v) is 8.68. The Morgan fingerprint density at radius 1 is 1.22 bits per heavy atom. The number of hydrogen-bond acceptors (Lipinski definition) is 5. The summed E-state index contributed by atoms with van der Waals surface area (Å²) in [6, 6.07) is 20.9. The first-order chi connectivity index (χ1) is 15.5. The average Bonchev–Trinajstić information content (AvgIpc) is 3.43. The third-order valence-electron chi connectivity index (χ3n) is 4.66. The van der Waals surface area contributed by atoms with Gasteiger partial charge >= 0.3 is 0 Å². The average molecular weight is 460 g/mol. The molecule has 4 rings (SSSR count). The van der Waals surface area contributed by atoms with E-state index < -0.39 is 5.91 Å². The van der Waals surface area contributed by atoms with Crippen molar-refractivity contribution in [2.75, 3.05) is 5.32 Å². The summed E-state index contributed by atoms with van der Waals surface area (Å²) in [4.78, 5) is 17.9. The van der Waals surface area contributed by atoms with Crippen LogP contribution in [0.4, 0.5) is 5.13 Å². The topological polar surface area (TPSA) is 78.9 Å². The number of nitrogens with zero attached hydrogens (tertiary/aromatic N) is 2. The second-order valence-electron chi connectivity index (χ2n) is 7.13.